The van der Waals surface area contributed by atoms with E-state index >= 15 is 0 Å². The Morgan fingerprint density at radius 1 is 1.00 bits per heavy atom. The van der Waals surface area contributed by atoms with Gasteiger partial charge in [0.25, 0.3) is 5.69 Å². The first-order chi connectivity index (χ1) is 9.90. The standard InChI is InChI=1S/C17H19NO3/c1-11(2)13-6-8-14(9-7-13)17(19)15-5-4-12(3)16(10-15)18(20)21/h4-11,17,19H,1-3H3/t17-/m1/s1. The number of nitrogens with zero attached hydrogens (tertiary/aromatic N) is 1. The lowest BCUT2D eigenvalue weighted by Crippen LogP contribution is -2.02. The summed E-state index contributed by atoms with van der Waals surface area (Å²) in [5, 5.41) is 21.4. The smallest absolute Gasteiger partial charge is 0.272 e. The molecule has 2 aromatic rings. The molecule has 1 N–H and O–H groups in total. The minimum Gasteiger partial charge on any atom is -0.384 e. The van der Waals surface area contributed by atoms with Gasteiger partial charge in [-0.1, -0.05) is 50.2 Å². The fourth-order valence-electron chi connectivity index (χ4n) is 2.25. The Balaban J connectivity index is 2.33. The summed E-state index contributed by atoms with van der Waals surface area (Å²) in [5.41, 5.74) is 3.08. The minimum absolute atomic E-state index is 0.0327. The van der Waals surface area contributed by atoms with Crippen LogP contribution in [0.3, 0.4) is 0 Å². The SMILES string of the molecule is Cc1ccc([C@H](O)c2ccc(C(C)C)cc2)cc1[N+](=O)[O-]. The highest BCUT2D eigenvalue weighted by molar-refractivity contribution is 5.45. The van der Waals surface area contributed by atoms with Gasteiger partial charge < -0.3 is 5.11 Å². The van der Waals surface area contributed by atoms with E-state index in [-0.39, 0.29) is 5.69 Å². The molecule has 21 heavy (non-hydrogen) atoms. The molecule has 0 bridgehead atoms. The van der Waals surface area contributed by atoms with Gasteiger partial charge in [-0.15, -0.1) is 0 Å². The lowest BCUT2D eigenvalue weighted by molar-refractivity contribution is -0.385. The van der Waals surface area contributed by atoms with Gasteiger partial charge in [0.1, 0.15) is 6.10 Å². The zero-order valence-corrected chi connectivity index (χ0v) is 12.4. The molecule has 0 radical (unpaired) electrons. The first kappa shape index (κ1) is 15.2. The first-order valence-electron chi connectivity index (χ1n) is 6.93. The van der Waals surface area contributed by atoms with E-state index in [9.17, 15) is 15.2 Å². The van der Waals surface area contributed by atoms with Crippen molar-refractivity contribution >= 4 is 5.69 Å². The molecule has 0 fully saturated rings. The van der Waals surface area contributed by atoms with E-state index in [1.54, 1.807) is 19.1 Å². The number of aliphatic hydroxyl groups is 1. The predicted molar refractivity (Wildman–Crippen MR) is 82.4 cm³/mol. The molecule has 0 aliphatic carbocycles. The number of aliphatic hydroxyl groups excluding tert-OH is 1. The van der Waals surface area contributed by atoms with Crippen LogP contribution in [0.25, 0.3) is 0 Å². The summed E-state index contributed by atoms with van der Waals surface area (Å²) in [6.45, 7) is 5.90. The number of nitro groups is 1. The fourth-order valence-corrected chi connectivity index (χ4v) is 2.25. The number of rotatable bonds is 4. The van der Waals surface area contributed by atoms with Crippen molar-refractivity contribution in [1.29, 1.82) is 0 Å². The lowest BCUT2D eigenvalue weighted by Gasteiger charge is -2.13. The third kappa shape index (κ3) is 3.28. The van der Waals surface area contributed by atoms with Crippen LogP contribution in [0.2, 0.25) is 0 Å². The van der Waals surface area contributed by atoms with Gasteiger partial charge in [0.05, 0.1) is 4.92 Å². The third-order valence-electron chi connectivity index (χ3n) is 3.66. The Morgan fingerprint density at radius 3 is 2.05 bits per heavy atom. The van der Waals surface area contributed by atoms with Crippen LogP contribution in [0, 0.1) is 17.0 Å². The summed E-state index contributed by atoms with van der Waals surface area (Å²) < 4.78 is 0. The van der Waals surface area contributed by atoms with Crippen molar-refractivity contribution in [2.24, 2.45) is 0 Å². The molecule has 0 saturated heterocycles. The normalized spacial score (nSPS) is 12.4. The first-order valence-corrected chi connectivity index (χ1v) is 6.93. The lowest BCUT2D eigenvalue weighted by atomic mass is 9.96. The number of hydrogen-bond acceptors (Lipinski definition) is 3. The minimum atomic E-state index is -0.856. The van der Waals surface area contributed by atoms with Crippen LogP contribution in [0.15, 0.2) is 42.5 Å². The average Bonchev–Trinajstić information content (AvgIpc) is 2.46. The van der Waals surface area contributed by atoms with Gasteiger partial charge in [-0.3, -0.25) is 10.1 Å². The highest BCUT2D eigenvalue weighted by atomic mass is 16.6. The van der Waals surface area contributed by atoms with E-state index in [2.05, 4.69) is 13.8 Å². The van der Waals surface area contributed by atoms with Gasteiger partial charge in [0, 0.05) is 11.6 Å². The highest BCUT2D eigenvalue weighted by Crippen LogP contribution is 2.28. The summed E-state index contributed by atoms with van der Waals surface area (Å²) in [7, 11) is 0. The van der Waals surface area contributed by atoms with Crippen molar-refractivity contribution in [2.45, 2.75) is 32.8 Å². The van der Waals surface area contributed by atoms with Crippen LogP contribution in [-0.4, -0.2) is 10.0 Å². The molecule has 4 heteroatoms. The van der Waals surface area contributed by atoms with E-state index in [0.717, 1.165) is 5.56 Å². The zero-order chi connectivity index (χ0) is 15.6. The molecule has 0 heterocycles. The molecule has 2 rings (SSSR count). The summed E-state index contributed by atoms with van der Waals surface area (Å²) in [5.74, 6) is 0.427. The second-order valence-corrected chi connectivity index (χ2v) is 5.53. The van der Waals surface area contributed by atoms with Crippen LogP contribution in [0.1, 0.15) is 48.1 Å². The predicted octanol–water partition coefficient (Wildman–Crippen LogP) is 4.11. The van der Waals surface area contributed by atoms with Crippen LogP contribution in [0.4, 0.5) is 5.69 Å². The highest BCUT2D eigenvalue weighted by Gasteiger charge is 2.16. The summed E-state index contributed by atoms with van der Waals surface area (Å²) in [4.78, 5) is 10.6. The zero-order valence-electron chi connectivity index (χ0n) is 12.4. The molecule has 4 nitrogen and oxygen atoms in total. The Morgan fingerprint density at radius 2 is 1.52 bits per heavy atom. The molecule has 0 saturated carbocycles. The molecular formula is C17H19NO3. The molecule has 0 aromatic heterocycles. The van der Waals surface area contributed by atoms with E-state index in [1.807, 2.05) is 24.3 Å². The van der Waals surface area contributed by atoms with Gasteiger partial charge in [-0.05, 0) is 29.5 Å². The third-order valence-corrected chi connectivity index (χ3v) is 3.66. The van der Waals surface area contributed by atoms with E-state index < -0.39 is 11.0 Å². The van der Waals surface area contributed by atoms with Crippen molar-refractivity contribution in [3.63, 3.8) is 0 Å². The molecule has 110 valence electrons. The molecule has 0 spiro atoms. The Kier molecular flexibility index (Phi) is 4.38. The molecule has 0 aliphatic heterocycles. The van der Waals surface area contributed by atoms with Gasteiger partial charge in [-0.2, -0.15) is 0 Å². The van der Waals surface area contributed by atoms with Crippen molar-refractivity contribution in [3.05, 3.63) is 74.8 Å². The van der Waals surface area contributed by atoms with Crippen LogP contribution >= 0.6 is 0 Å². The monoisotopic (exact) mass is 285 g/mol. The summed E-state index contributed by atoms with van der Waals surface area (Å²) in [6.07, 6.45) is -0.856. The summed E-state index contributed by atoms with van der Waals surface area (Å²) >= 11 is 0. The van der Waals surface area contributed by atoms with Crippen LogP contribution in [-0.2, 0) is 0 Å². The van der Waals surface area contributed by atoms with Gasteiger partial charge >= 0.3 is 0 Å². The molecule has 1 atom stereocenters. The molecule has 0 unspecified atom stereocenters. The summed E-state index contributed by atoms with van der Waals surface area (Å²) in [6, 6.07) is 12.5. The Hall–Kier alpha value is -2.20. The maximum atomic E-state index is 11.0. The van der Waals surface area contributed by atoms with E-state index in [0.29, 0.717) is 17.0 Å². The molecule has 0 aliphatic rings. The number of aryl methyl sites for hydroxylation is 1. The molecule has 0 amide bonds. The van der Waals surface area contributed by atoms with Crippen molar-refractivity contribution in [1.82, 2.24) is 0 Å². The number of hydrogen-bond donors (Lipinski definition) is 1. The molecular weight excluding hydrogens is 266 g/mol. The largest absolute Gasteiger partial charge is 0.384 e. The van der Waals surface area contributed by atoms with Crippen molar-refractivity contribution in [3.8, 4) is 0 Å². The maximum absolute atomic E-state index is 11.0. The second-order valence-electron chi connectivity index (χ2n) is 5.53. The quantitative estimate of drug-likeness (QED) is 0.679. The van der Waals surface area contributed by atoms with Crippen LogP contribution < -0.4 is 0 Å². The van der Waals surface area contributed by atoms with E-state index in [1.165, 1.54) is 11.6 Å². The maximum Gasteiger partial charge on any atom is 0.272 e. The average molecular weight is 285 g/mol. The van der Waals surface area contributed by atoms with Gasteiger partial charge in [0.2, 0.25) is 0 Å². The van der Waals surface area contributed by atoms with Gasteiger partial charge in [-0.25, -0.2) is 0 Å². The van der Waals surface area contributed by atoms with Crippen molar-refractivity contribution in [2.75, 3.05) is 0 Å². The van der Waals surface area contributed by atoms with Crippen molar-refractivity contribution < 1.29 is 10.0 Å². The fraction of sp³-hybridized carbons (Fsp3) is 0.294. The number of benzene rings is 2. The van der Waals surface area contributed by atoms with Crippen LogP contribution in [0.5, 0.6) is 0 Å². The van der Waals surface area contributed by atoms with E-state index in [4.69, 9.17) is 0 Å². The Bertz CT molecular complexity index is 648. The topological polar surface area (TPSA) is 63.4 Å². The Labute approximate surface area is 124 Å². The second kappa shape index (κ2) is 6.06. The van der Waals surface area contributed by atoms with Gasteiger partial charge in [0.15, 0.2) is 0 Å². The number of nitro benzene ring substituents is 1. The molecule has 2 aromatic carbocycles.